The van der Waals surface area contributed by atoms with Crippen molar-refractivity contribution in [2.24, 2.45) is 5.92 Å². The molecule has 2 rings (SSSR count). The Hall–Kier alpha value is -2.31. The molecule has 1 aliphatic carbocycles. The number of hydrogen-bond donors (Lipinski definition) is 1. The first kappa shape index (κ1) is 21.0. The van der Waals surface area contributed by atoms with Gasteiger partial charge in [-0.25, -0.2) is 0 Å². The average molecular weight is 382 g/mol. The van der Waals surface area contributed by atoms with Crippen LogP contribution in [0.3, 0.4) is 0 Å². The van der Waals surface area contributed by atoms with E-state index in [1.165, 1.54) is 13.0 Å². The van der Waals surface area contributed by atoms with Crippen molar-refractivity contribution in [3.8, 4) is 0 Å². The second-order valence-electron chi connectivity index (χ2n) is 7.01. The Morgan fingerprint density at radius 3 is 2.11 bits per heavy atom. The van der Waals surface area contributed by atoms with Gasteiger partial charge in [0, 0.05) is 16.8 Å². The zero-order chi connectivity index (χ0) is 20.4. The van der Waals surface area contributed by atoms with Gasteiger partial charge >= 0.3 is 6.18 Å². The molecule has 2 amide bonds. The van der Waals surface area contributed by atoms with Gasteiger partial charge in [0.25, 0.3) is 11.8 Å². The molecule has 0 saturated carbocycles. The van der Waals surface area contributed by atoms with E-state index in [4.69, 9.17) is 0 Å². The highest BCUT2D eigenvalue weighted by molar-refractivity contribution is 6.19. The van der Waals surface area contributed by atoms with Crippen molar-refractivity contribution < 1.29 is 22.8 Å². The number of carbonyl (C=O) groups is 2. The minimum atomic E-state index is -4.52. The minimum Gasteiger partial charge on any atom is -0.292 e. The summed E-state index contributed by atoms with van der Waals surface area (Å²) in [5, 5.41) is 0.940. The molecule has 0 aromatic heterocycles. The van der Waals surface area contributed by atoms with E-state index in [0.717, 1.165) is 23.9 Å². The third-order valence-corrected chi connectivity index (χ3v) is 4.97. The van der Waals surface area contributed by atoms with Gasteiger partial charge in [0.05, 0.1) is 5.57 Å². The number of alkyl halides is 3. The number of carbonyl (C=O) groups excluding carboxylic acids is 2. The van der Waals surface area contributed by atoms with E-state index in [2.05, 4.69) is 12.0 Å². The molecule has 0 fully saturated rings. The van der Waals surface area contributed by atoms with Crippen LogP contribution >= 0.6 is 0 Å². The second kappa shape index (κ2) is 8.15. The maximum atomic E-state index is 13.1. The Morgan fingerprint density at radius 1 is 1.19 bits per heavy atom. The van der Waals surface area contributed by atoms with E-state index in [1.807, 2.05) is 13.8 Å². The average Bonchev–Trinajstić information content (AvgIpc) is 2.83. The summed E-state index contributed by atoms with van der Waals surface area (Å²) < 4.78 is 39.4. The van der Waals surface area contributed by atoms with E-state index in [1.54, 1.807) is 0 Å². The van der Waals surface area contributed by atoms with Gasteiger partial charge in [-0.2, -0.15) is 18.2 Å². The number of hydrazine groups is 1. The van der Waals surface area contributed by atoms with Gasteiger partial charge < -0.3 is 0 Å². The van der Waals surface area contributed by atoms with Gasteiger partial charge in [0.15, 0.2) is 0 Å². The largest absolute Gasteiger partial charge is 0.416 e. The molecule has 0 aromatic rings. The van der Waals surface area contributed by atoms with Crippen molar-refractivity contribution in [1.29, 1.82) is 0 Å². The topological polar surface area (TPSA) is 49.4 Å². The lowest BCUT2D eigenvalue weighted by atomic mass is 9.93. The van der Waals surface area contributed by atoms with Crippen molar-refractivity contribution in [3.63, 3.8) is 0 Å². The van der Waals surface area contributed by atoms with E-state index < -0.39 is 23.6 Å². The highest BCUT2D eigenvalue weighted by Gasteiger charge is 2.39. The SMILES string of the molecule is C=C(C)/C(=C\C=C(\NN1C(=O)C2=C(CCCC2)C1=O)C(C)CC)C(F)(F)F. The lowest BCUT2D eigenvalue weighted by Crippen LogP contribution is -2.44. The van der Waals surface area contributed by atoms with Crippen LogP contribution in [0.25, 0.3) is 0 Å². The maximum Gasteiger partial charge on any atom is 0.416 e. The number of allylic oxidation sites excluding steroid dienone is 5. The molecule has 0 radical (unpaired) electrons. The normalized spacial score (nSPS) is 20.1. The van der Waals surface area contributed by atoms with Crippen molar-refractivity contribution in [2.75, 3.05) is 0 Å². The van der Waals surface area contributed by atoms with Crippen molar-refractivity contribution in [2.45, 2.75) is 59.1 Å². The number of hydrogen-bond acceptors (Lipinski definition) is 3. The Morgan fingerprint density at radius 2 is 1.70 bits per heavy atom. The fourth-order valence-corrected chi connectivity index (χ4v) is 3.15. The monoisotopic (exact) mass is 382 g/mol. The summed E-state index contributed by atoms with van der Waals surface area (Å²) >= 11 is 0. The predicted molar refractivity (Wildman–Crippen MR) is 97.0 cm³/mol. The first-order valence-corrected chi connectivity index (χ1v) is 9.10. The van der Waals surface area contributed by atoms with Gasteiger partial charge in [0.1, 0.15) is 0 Å². The van der Waals surface area contributed by atoms with Gasteiger partial charge in [0.2, 0.25) is 0 Å². The molecule has 1 unspecified atom stereocenters. The minimum absolute atomic E-state index is 0.104. The number of rotatable bonds is 6. The third-order valence-electron chi connectivity index (χ3n) is 4.97. The lowest BCUT2D eigenvalue weighted by Gasteiger charge is -2.23. The molecule has 4 nitrogen and oxygen atoms in total. The summed E-state index contributed by atoms with van der Waals surface area (Å²) in [6.07, 6.45) is 1.17. The van der Waals surface area contributed by atoms with Crippen molar-refractivity contribution in [1.82, 2.24) is 10.4 Å². The van der Waals surface area contributed by atoms with Gasteiger partial charge in [-0.05, 0) is 62.7 Å². The van der Waals surface area contributed by atoms with E-state index in [9.17, 15) is 22.8 Å². The zero-order valence-electron chi connectivity index (χ0n) is 15.9. The predicted octanol–water partition coefficient (Wildman–Crippen LogP) is 4.73. The second-order valence-corrected chi connectivity index (χ2v) is 7.01. The standard InChI is InChI=1S/C20H25F3N2O2/c1-5-13(4)17(11-10-16(12(2)3)20(21,22)23)24-25-18(26)14-8-6-7-9-15(14)19(25)27/h10-11,13,24H,2,5-9H2,1,3-4H3/b16-10+,17-11+. The van der Waals surface area contributed by atoms with Crippen molar-refractivity contribution >= 4 is 11.8 Å². The van der Waals surface area contributed by atoms with Crippen molar-refractivity contribution in [3.05, 3.63) is 46.7 Å². The summed E-state index contributed by atoms with van der Waals surface area (Å²) in [6.45, 7) is 8.36. The number of imide groups is 1. The fourth-order valence-electron chi connectivity index (χ4n) is 3.15. The van der Waals surface area contributed by atoms with Gasteiger partial charge in [-0.15, -0.1) is 0 Å². The number of nitrogens with zero attached hydrogens (tertiary/aromatic N) is 1. The third kappa shape index (κ3) is 4.51. The first-order valence-electron chi connectivity index (χ1n) is 9.10. The maximum absolute atomic E-state index is 13.1. The highest BCUT2D eigenvalue weighted by atomic mass is 19.4. The molecular formula is C20H25F3N2O2. The number of amides is 2. The summed E-state index contributed by atoms with van der Waals surface area (Å²) in [7, 11) is 0. The smallest absolute Gasteiger partial charge is 0.292 e. The molecule has 7 heteroatoms. The molecule has 1 atom stereocenters. The Balaban J connectivity index is 2.32. The molecule has 0 aromatic carbocycles. The molecule has 2 aliphatic rings. The molecule has 0 bridgehead atoms. The molecule has 1 N–H and O–H groups in total. The lowest BCUT2D eigenvalue weighted by molar-refractivity contribution is -0.140. The number of nitrogens with one attached hydrogen (secondary N) is 1. The van der Waals surface area contributed by atoms with Crippen LogP contribution in [0.5, 0.6) is 0 Å². The van der Waals surface area contributed by atoms with E-state index >= 15 is 0 Å². The van der Waals surface area contributed by atoms with E-state index in [-0.39, 0.29) is 11.5 Å². The highest BCUT2D eigenvalue weighted by Crippen LogP contribution is 2.33. The van der Waals surface area contributed by atoms with E-state index in [0.29, 0.717) is 36.1 Å². The quantitative estimate of drug-likeness (QED) is 0.534. The molecule has 148 valence electrons. The van der Waals surface area contributed by atoms with Crippen LogP contribution < -0.4 is 5.43 Å². The van der Waals surface area contributed by atoms with Crippen LogP contribution in [0.1, 0.15) is 52.9 Å². The van der Waals surface area contributed by atoms with Gasteiger partial charge in [-0.3, -0.25) is 15.0 Å². The fraction of sp³-hybridized carbons (Fsp3) is 0.500. The molecule has 1 aliphatic heterocycles. The molecular weight excluding hydrogens is 357 g/mol. The Labute approximate surface area is 157 Å². The molecule has 27 heavy (non-hydrogen) atoms. The Kier molecular flexibility index (Phi) is 6.34. The molecule has 0 spiro atoms. The zero-order valence-corrected chi connectivity index (χ0v) is 15.9. The summed E-state index contributed by atoms with van der Waals surface area (Å²) in [5.74, 6) is -0.966. The van der Waals surface area contributed by atoms with Gasteiger partial charge in [-0.1, -0.05) is 20.4 Å². The van der Waals surface area contributed by atoms with Crippen LogP contribution in [-0.4, -0.2) is 23.0 Å². The van der Waals surface area contributed by atoms with Crippen LogP contribution in [0.4, 0.5) is 13.2 Å². The molecule has 0 saturated heterocycles. The first-order chi connectivity index (χ1) is 12.6. The summed E-state index contributed by atoms with van der Waals surface area (Å²) in [6, 6.07) is 0. The van der Waals surface area contributed by atoms with Crippen LogP contribution in [-0.2, 0) is 9.59 Å². The Bertz CT molecular complexity index is 717. The molecule has 1 heterocycles. The summed E-state index contributed by atoms with van der Waals surface area (Å²) in [4.78, 5) is 25.1. The number of halogens is 3. The van der Waals surface area contributed by atoms with Crippen LogP contribution in [0.2, 0.25) is 0 Å². The van der Waals surface area contributed by atoms with Crippen LogP contribution in [0.15, 0.2) is 46.7 Å². The summed E-state index contributed by atoms with van der Waals surface area (Å²) in [5.41, 5.74) is 3.26. The van der Waals surface area contributed by atoms with Crippen LogP contribution in [0, 0.1) is 5.92 Å².